The highest BCUT2D eigenvalue weighted by Crippen LogP contribution is 2.11. The van der Waals surface area contributed by atoms with Crippen molar-refractivity contribution in [3.8, 4) is 0 Å². The number of rotatable bonds is 5. The molecule has 0 amide bonds. The van der Waals surface area contributed by atoms with Crippen molar-refractivity contribution in [3.05, 3.63) is 0 Å². The van der Waals surface area contributed by atoms with Gasteiger partial charge in [0.1, 0.15) is 0 Å². The van der Waals surface area contributed by atoms with Crippen LogP contribution in [0.4, 0.5) is 0 Å². The SMILES string of the molecule is CNC(C)C(O)C(C)CC(=O)O. The molecule has 0 aliphatic rings. The molecule has 12 heavy (non-hydrogen) atoms. The Labute approximate surface area is 72.6 Å². The van der Waals surface area contributed by atoms with Gasteiger partial charge in [0, 0.05) is 6.04 Å². The van der Waals surface area contributed by atoms with Crippen LogP contribution in [0.25, 0.3) is 0 Å². The first-order chi connectivity index (χ1) is 5.49. The van der Waals surface area contributed by atoms with Gasteiger partial charge in [-0.25, -0.2) is 0 Å². The fourth-order valence-electron chi connectivity index (χ4n) is 1.06. The third-order valence-corrected chi connectivity index (χ3v) is 2.05. The Morgan fingerprint density at radius 1 is 1.50 bits per heavy atom. The van der Waals surface area contributed by atoms with E-state index in [0.29, 0.717) is 0 Å². The highest BCUT2D eigenvalue weighted by molar-refractivity contribution is 5.67. The first kappa shape index (κ1) is 11.4. The molecule has 3 unspecified atom stereocenters. The van der Waals surface area contributed by atoms with E-state index in [4.69, 9.17) is 5.11 Å². The monoisotopic (exact) mass is 175 g/mol. The molecule has 0 aromatic heterocycles. The minimum atomic E-state index is -0.871. The van der Waals surface area contributed by atoms with Crippen molar-refractivity contribution < 1.29 is 15.0 Å². The van der Waals surface area contributed by atoms with Crippen LogP contribution in [-0.4, -0.2) is 35.4 Å². The van der Waals surface area contributed by atoms with Gasteiger partial charge < -0.3 is 15.5 Å². The van der Waals surface area contributed by atoms with E-state index in [2.05, 4.69) is 5.32 Å². The van der Waals surface area contributed by atoms with Gasteiger partial charge in [-0.15, -0.1) is 0 Å². The molecule has 4 nitrogen and oxygen atoms in total. The summed E-state index contributed by atoms with van der Waals surface area (Å²) in [7, 11) is 1.74. The molecule has 3 N–H and O–H groups in total. The summed E-state index contributed by atoms with van der Waals surface area (Å²) >= 11 is 0. The first-order valence-electron chi connectivity index (χ1n) is 4.06. The molecule has 0 saturated heterocycles. The number of hydrogen-bond acceptors (Lipinski definition) is 3. The van der Waals surface area contributed by atoms with E-state index in [1.54, 1.807) is 14.0 Å². The van der Waals surface area contributed by atoms with E-state index in [0.717, 1.165) is 0 Å². The van der Waals surface area contributed by atoms with Crippen LogP contribution < -0.4 is 5.32 Å². The lowest BCUT2D eigenvalue weighted by Gasteiger charge is -2.23. The fraction of sp³-hybridized carbons (Fsp3) is 0.875. The Kier molecular flexibility index (Phi) is 4.85. The molecule has 0 aliphatic carbocycles. The number of aliphatic hydroxyl groups is 1. The summed E-state index contributed by atoms with van der Waals surface area (Å²) in [5.41, 5.74) is 0. The van der Waals surface area contributed by atoms with E-state index in [-0.39, 0.29) is 18.4 Å². The van der Waals surface area contributed by atoms with Crippen LogP contribution in [0.2, 0.25) is 0 Å². The van der Waals surface area contributed by atoms with Crippen molar-refractivity contribution in [2.75, 3.05) is 7.05 Å². The quantitative estimate of drug-likeness (QED) is 0.553. The highest BCUT2D eigenvalue weighted by atomic mass is 16.4. The molecule has 3 atom stereocenters. The maximum atomic E-state index is 10.3. The molecule has 0 radical (unpaired) electrons. The standard InChI is InChI=1S/C8H17NO3/c1-5(4-7(10)11)8(12)6(2)9-3/h5-6,8-9,12H,4H2,1-3H3,(H,10,11). The van der Waals surface area contributed by atoms with E-state index in [1.165, 1.54) is 0 Å². The molecular weight excluding hydrogens is 158 g/mol. The average Bonchev–Trinajstić information content (AvgIpc) is 2.00. The summed E-state index contributed by atoms with van der Waals surface area (Å²) < 4.78 is 0. The lowest BCUT2D eigenvalue weighted by molar-refractivity contribution is -0.139. The molecule has 0 aromatic carbocycles. The molecule has 0 spiro atoms. The van der Waals surface area contributed by atoms with Crippen LogP contribution in [0.15, 0.2) is 0 Å². The topological polar surface area (TPSA) is 69.6 Å². The van der Waals surface area contributed by atoms with Crippen molar-refractivity contribution in [3.63, 3.8) is 0 Å². The van der Waals surface area contributed by atoms with Gasteiger partial charge in [0.2, 0.25) is 0 Å². The van der Waals surface area contributed by atoms with Gasteiger partial charge in [-0.05, 0) is 19.9 Å². The zero-order valence-corrected chi connectivity index (χ0v) is 7.74. The largest absolute Gasteiger partial charge is 0.481 e. The van der Waals surface area contributed by atoms with Gasteiger partial charge in [0.25, 0.3) is 0 Å². The number of aliphatic carboxylic acids is 1. The smallest absolute Gasteiger partial charge is 0.303 e. The first-order valence-corrected chi connectivity index (χ1v) is 4.06. The fourth-order valence-corrected chi connectivity index (χ4v) is 1.06. The minimum Gasteiger partial charge on any atom is -0.481 e. The van der Waals surface area contributed by atoms with E-state index >= 15 is 0 Å². The van der Waals surface area contributed by atoms with E-state index in [1.807, 2.05) is 6.92 Å². The Morgan fingerprint density at radius 3 is 2.33 bits per heavy atom. The number of carbonyl (C=O) groups is 1. The predicted octanol–water partition coefficient (Wildman–Crippen LogP) is 0.0660. The molecule has 4 heteroatoms. The highest BCUT2D eigenvalue weighted by Gasteiger charge is 2.21. The Bertz CT molecular complexity index is 149. The second kappa shape index (κ2) is 5.11. The Hall–Kier alpha value is -0.610. The van der Waals surface area contributed by atoms with Crippen LogP contribution >= 0.6 is 0 Å². The van der Waals surface area contributed by atoms with Crippen LogP contribution in [0.3, 0.4) is 0 Å². The van der Waals surface area contributed by atoms with Gasteiger partial charge in [-0.1, -0.05) is 6.92 Å². The van der Waals surface area contributed by atoms with Crippen LogP contribution in [0.5, 0.6) is 0 Å². The summed E-state index contributed by atoms with van der Waals surface area (Å²) in [6, 6.07) is -0.0700. The van der Waals surface area contributed by atoms with Crippen LogP contribution in [0.1, 0.15) is 20.3 Å². The summed E-state index contributed by atoms with van der Waals surface area (Å²) in [4.78, 5) is 10.3. The molecule has 72 valence electrons. The second-order valence-corrected chi connectivity index (χ2v) is 3.14. The molecule has 0 saturated carbocycles. The maximum absolute atomic E-state index is 10.3. The number of aliphatic hydroxyl groups excluding tert-OH is 1. The lowest BCUT2D eigenvalue weighted by Crippen LogP contribution is -2.39. The summed E-state index contributed by atoms with van der Waals surface area (Å²) in [6.07, 6.45) is -0.598. The van der Waals surface area contributed by atoms with Gasteiger partial charge in [0.05, 0.1) is 12.5 Å². The Balaban J connectivity index is 3.91. The van der Waals surface area contributed by atoms with Crippen LogP contribution in [0, 0.1) is 5.92 Å². The number of nitrogens with one attached hydrogen (secondary N) is 1. The van der Waals surface area contributed by atoms with E-state index in [9.17, 15) is 9.90 Å². The van der Waals surface area contributed by atoms with Gasteiger partial charge in [-0.2, -0.15) is 0 Å². The minimum absolute atomic E-state index is 0.00713. The van der Waals surface area contributed by atoms with E-state index < -0.39 is 12.1 Å². The molecule has 0 rings (SSSR count). The lowest BCUT2D eigenvalue weighted by atomic mass is 9.96. The second-order valence-electron chi connectivity index (χ2n) is 3.14. The summed E-state index contributed by atoms with van der Waals surface area (Å²) in [5.74, 6) is -1.09. The number of carboxylic acid groups (broad SMARTS) is 1. The van der Waals surface area contributed by atoms with Crippen molar-refractivity contribution in [2.24, 2.45) is 5.92 Å². The third-order valence-electron chi connectivity index (χ3n) is 2.05. The normalized spacial score (nSPS) is 18.3. The molecule has 0 heterocycles. The van der Waals surface area contributed by atoms with Gasteiger partial charge in [0.15, 0.2) is 0 Å². The van der Waals surface area contributed by atoms with Crippen molar-refractivity contribution >= 4 is 5.97 Å². The summed E-state index contributed by atoms with van der Waals surface area (Å²) in [6.45, 7) is 3.55. The molecule has 0 aromatic rings. The zero-order chi connectivity index (χ0) is 9.72. The van der Waals surface area contributed by atoms with Crippen molar-refractivity contribution in [1.29, 1.82) is 0 Å². The van der Waals surface area contributed by atoms with Crippen LogP contribution in [-0.2, 0) is 4.79 Å². The molecule has 0 bridgehead atoms. The maximum Gasteiger partial charge on any atom is 0.303 e. The molecule has 0 fully saturated rings. The van der Waals surface area contributed by atoms with Gasteiger partial charge in [-0.3, -0.25) is 4.79 Å². The zero-order valence-electron chi connectivity index (χ0n) is 7.74. The Morgan fingerprint density at radius 2 is 2.00 bits per heavy atom. The molecular formula is C8H17NO3. The van der Waals surface area contributed by atoms with Crippen molar-refractivity contribution in [1.82, 2.24) is 5.32 Å². The van der Waals surface area contributed by atoms with Crippen molar-refractivity contribution in [2.45, 2.75) is 32.4 Å². The molecule has 0 aliphatic heterocycles. The summed E-state index contributed by atoms with van der Waals surface area (Å²) in [5, 5.41) is 20.8. The number of carboxylic acids is 1. The number of likely N-dealkylation sites (N-methyl/N-ethyl adjacent to an activating group) is 1. The van der Waals surface area contributed by atoms with Gasteiger partial charge >= 0.3 is 5.97 Å². The third kappa shape index (κ3) is 3.69. The number of hydrogen-bond donors (Lipinski definition) is 3. The average molecular weight is 175 g/mol. The predicted molar refractivity (Wildman–Crippen MR) is 45.9 cm³/mol.